The maximum Gasteiger partial charge on any atom is 0.323 e. The lowest BCUT2D eigenvalue weighted by atomic mass is 9.75. The second-order valence-corrected chi connectivity index (χ2v) is 11.7. The van der Waals surface area contributed by atoms with Crippen molar-refractivity contribution in [3.8, 4) is 0 Å². The topological polar surface area (TPSA) is 106 Å². The average molecular weight is 501 g/mol. The molecular weight excluding hydrogens is 476 g/mol. The number of carbonyl (C=O) groups is 2. The first-order chi connectivity index (χ1) is 15.9. The van der Waals surface area contributed by atoms with Crippen molar-refractivity contribution in [3.05, 3.63) is 75.7 Å². The van der Waals surface area contributed by atoms with E-state index in [1.54, 1.807) is 23.6 Å². The molecule has 0 saturated heterocycles. The van der Waals surface area contributed by atoms with Crippen LogP contribution in [0.5, 0.6) is 0 Å². The number of rotatable bonds is 6. The molecular formula is C25H25ClN2O5S. The minimum atomic E-state index is -3.94. The van der Waals surface area contributed by atoms with E-state index in [2.05, 4.69) is 4.98 Å². The van der Waals surface area contributed by atoms with E-state index in [0.29, 0.717) is 45.9 Å². The highest BCUT2D eigenvalue weighted by molar-refractivity contribution is 7.91. The molecule has 0 spiro atoms. The van der Waals surface area contributed by atoms with Crippen molar-refractivity contribution in [2.24, 2.45) is 5.41 Å². The SMILES string of the molecule is Cc1c(Cc2cccnc2S(=O)(=O)c2ccc(Cl)cc2)c2c(n1CC(=O)O)CC(C)(C)CC2=O. The number of benzene rings is 1. The first-order valence-corrected chi connectivity index (χ1v) is 12.7. The number of sulfone groups is 1. The molecule has 178 valence electrons. The first-order valence-electron chi connectivity index (χ1n) is 10.8. The molecule has 0 bridgehead atoms. The minimum Gasteiger partial charge on any atom is -0.480 e. The quantitative estimate of drug-likeness (QED) is 0.533. The lowest BCUT2D eigenvalue weighted by Gasteiger charge is -2.30. The molecule has 0 radical (unpaired) electrons. The van der Waals surface area contributed by atoms with Crippen molar-refractivity contribution >= 4 is 33.2 Å². The lowest BCUT2D eigenvalue weighted by molar-refractivity contribution is -0.137. The van der Waals surface area contributed by atoms with Gasteiger partial charge in [0, 0.05) is 41.0 Å². The fraction of sp³-hybridized carbons (Fsp3) is 0.320. The molecule has 2 heterocycles. The second kappa shape index (κ2) is 8.67. The van der Waals surface area contributed by atoms with E-state index in [1.807, 2.05) is 13.8 Å². The van der Waals surface area contributed by atoms with Crippen molar-refractivity contribution in [2.75, 3.05) is 0 Å². The molecule has 7 nitrogen and oxygen atoms in total. The molecule has 0 atom stereocenters. The number of Topliss-reactive ketones (excluding diaryl/α,β-unsaturated/α-hetero) is 1. The normalized spacial score (nSPS) is 15.2. The van der Waals surface area contributed by atoms with Gasteiger partial charge in [0.1, 0.15) is 6.54 Å². The zero-order chi connectivity index (χ0) is 24.8. The van der Waals surface area contributed by atoms with Crippen molar-refractivity contribution in [1.82, 2.24) is 9.55 Å². The lowest BCUT2D eigenvalue weighted by Crippen LogP contribution is -2.29. The number of carboxylic acids is 1. The van der Waals surface area contributed by atoms with Crippen LogP contribution >= 0.6 is 11.6 Å². The van der Waals surface area contributed by atoms with E-state index in [4.69, 9.17) is 11.6 Å². The standard InChI is InChI=1S/C25H25ClN2O5S/c1-15-19(23-20(28(15)14-22(30)31)12-25(2,3)13-21(23)29)11-16-5-4-10-27-24(16)34(32,33)18-8-6-17(26)7-9-18/h4-10H,11-14H2,1-3H3,(H,30,31). The van der Waals surface area contributed by atoms with Gasteiger partial charge >= 0.3 is 5.97 Å². The third-order valence-electron chi connectivity index (χ3n) is 6.21. The Bertz CT molecular complexity index is 1410. The Kier molecular flexibility index (Phi) is 6.16. The van der Waals surface area contributed by atoms with Crippen LogP contribution in [0.2, 0.25) is 5.02 Å². The summed E-state index contributed by atoms with van der Waals surface area (Å²) in [7, 11) is -3.94. The first kappa shape index (κ1) is 24.2. The summed E-state index contributed by atoms with van der Waals surface area (Å²) in [6, 6.07) is 9.19. The van der Waals surface area contributed by atoms with Gasteiger partial charge in [-0.25, -0.2) is 13.4 Å². The molecule has 0 saturated carbocycles. The third kappa shape index (κ3) is 4.40. The predicted octanol–water partition coefficient (Wildman–Crippen LogP) is 4.51. The minimum absolute atomic E-state index is 0.0560. The number of nitrogens with zero attached hydrogens (tertiary/aromatic N) is 2. The third-order valence-corrected chi connectivity index (χ3v) is 8.23. The summed E-state index contributed by atoms with van der Waals surface area (Å²) in [5.74, 6) is -1.06. The molecule has 34 heavy (non-hydrogen) atoms. The number of carbonyl (C=O) groups excluding carboxylic acids is 1. The van der Waals surface area contributed by atoms with Crippen LogP contribution in [0.3, 0.4) is 0 Å². The van der Waals surface area contributed by atoms with Crippen LogP contribution in [0.15, 0.2) is 52.5 Å². The predicted molar refractivity (Wildman–Crippen MR) is 127 cm³/mol. The van der Waals surface area contributed by atoms with E-state index >= 15 is 0 Å². The summed E-state index contributed by atoms with van der Waals surface area (Å²) in [5, 5.41) is 9.80. The van der Waals surface area contributed by atoms with Crippen LogP contribution in [-0.4, -0.2) is 34.8 Å². The Balaban J connectivity index is 1.85. The second-order valence-electron chi connectivity index (χ2n) is 9.41. The molecule has 1 aliphatic rings. The van der Waals surface area contributed by atoms with Crippen molar-refractivity contribution in [3.63, 3.8) is 0 Å². The summed E-state index contributed by atoms with van der Waals surface area (Å²) < 4.78 is 28.4. The Labute approximate surface area is 203 Å². The number of hydrogen-bond donors (Lipinski definition) is 1. The smallest absolute Gasteiger partial charge is 0.323 e. The average Bonchev–Trinajstić information content (AvgIpc) is 2.99. The van der Waals surface area contributed by atoms with Gasteiger partial charge in [0.05, 0.1) is 4.90 Å². The summed E-state index contributed by atoms with van der Waals surface area (Å²) in [4.78, 5) is 29.0. The van der Waals surface area contributed by atoms with Crippen LogP contribution in [0.25, 0.3) is 0 Å². The number of fused-ring (bicyclic) bond motifs is 1. The van der Waals surface area contributed by atoms with Gasteiger partial charge in [-0.2, -0.15) is 0 Å². The molecule has 9 heteroatoms. The molecule has 0 unspecified atom stereocenters. The van der Waals surface area contributed by atoms with Crippen LogP contribution in [-0.2, 0) is 34.0 Å². The number of hydrogen-bond acceptors (Lipinski definition) is 5. The van der Waals surface area contributed by atoms with Crippen molar-refractivity contribution in [1.29, 1.82) is 0 Å². The highest BCUT2D eigenvalue weighted by Crippen LogP contribution is 2.40. The Morgan fingerprint density at radius 3 is 2.50 bits per heavy atom. The number of aromatic nitrogens is 2. The summed E-state index contributed by atoms with van der Waals surface area (Å²) in [6.07, 6.45) is 2.46. The van der Waals surface area contributed by atoms with Gasteiger partial charge in [-0.3, -0.25) is 9.59 Å². The molecule has 1 aliphatic carbocycles. The van der Waals surface area contributed by atoms with Gasteiger partial charge in [-0.1, -0.05) is 31.5 Å². The monoisotopic (exact) mass is 500 g/mol. The zero-order valence-electron chi connectivity index (χ0n) is 19.1. The van der Waals surface area contributed by atoms with E-state index in [1.165, 1.54) is 30.5 Å². The number of ketones is 1. The molecule has 0 aliphatic heterocycles. The largest absolute Gasteiger partial charge is 0.480 e. The molecule has 1 aromatic carbocycles. The number of aliphatic carboxylic acids is 1. The highest BCUT2D eigenvalue weighted by Gasteiger charge is 2.37. The maximum absolute atomic E-state index is 13.4. The van der Waals surface area contributed by atoms with E-state index in [0.717, 1.165) is 0 Å². The molecule has 3 aromatic rings. The van der Waals surface area contributed by atoms with Crippen molar-refractivity contribution in [2.45, 2.75) is 56.5 Å². The van der Waals surface area contributed by atoms with Gasteiger partial charge in [-0.05, 0) is 60.2 Å². The van der Waals surface area contributed by atoms with E-state index < -0.39 is 15.8 Å². The van der Waals surface area contributed by atoms with Gasteiger partial charge in [-0.15, -0.1) is 0 Å². The fourth-order valence-electron chi connectivity index (χ4n) is 4.69. The van der Waals surface area contributed by atoms with Crippen LogP contribution in [0.1, 0.15) is 53.1 Å². The fourth-order valence-corrected chi connectivity index (χ4v) is 6.22. The van der Waals surface area contributed by atoms with Crippen LogP contribution in [0.4, 0.5) is 0 Å². The number of carboxylic acid groups (broad SMARTS) is 1. The molecule has 0 amide bonds. The van der Waals surface area contributed by atoms with Gasteiger partial charge < -0.3 is 9.67 Å². The van der Waals surface area contributed by atoms with Crippen LogP contribution in [0, 0.1) is 12.3 Å². The molecule has 2 aromatic heterocycles. The highest BCUT2D eigenvalue weighted by atomic mass is 35.5. The van der Waals surface area contributed by atoms with Gasteiger partial charge in [0.25, 0.3) is 0 Å². The van der Waals surface area contributed by atoms with E-state index in [9.17, 15) is 23.1 Å². The maximum atomic E-state index is 13.4. The van der Waals surface area contributed by atoms with Crippen molar-refractivity contribution < 1.29 is 23.1 Å². The Hall–Kier alpha value is -2.97. The molecule has 0 fully saturated rings. The van der Waals surface area contributed by atoms with Crippen LogP contribution < -0.4 is 0 Å². The molecule has 1 N–H and O–H groups in total. The summed E-state index contributed by atoms with van der Waals surface area (Å²) in [5.41, 5.74) is 2.65. The Morgan fingerprint density at radius 1 is 1.18 bits per heavy atom. The van der Waals surface area contributed by atoms with Gasteiger partial charge in [0.15, 0.2) is 10.8 Å². The van der Waals surface area contributed by atoms with E-state index in [-0.39, 0.29) is 34.1 Å². The van der Waals surface area contributed by atoms with Gasteiger partial charge in [0.2, 0.25) is 9.84 Å². The zero-order valence-corrected chi connectivity index (χ0v) is 20.7. The molecule has 4 rings (SSSR count). The Morgan fingerprint density at radius 2 is 1.85 bits per heavy atom. The number of halogens is 1. The summed E-state index contributed by atoms with van der Waals surface area (Å²) >= 11 is 5.92. The summed E-state index contributed by atoms with van der Waals surface area (Å²) in [6.45, 7) is 5.48. The number of pyridine rings is 1.